The number of amides is 1. The average molecular weight is 246 g/mol. The number of rotatable bonds is 2. The third-order valence-corrected chi connectivity index (χ3v) is 3.83. The van der Waals surface area contributed by atoms with E-state index in [-0.39, 0.29) is 11.4 Å². The fourth-order valence-electron chi connectivity index (χ4n) is 2.61. The molecule has 1 aromatic carbocycles. The smallest absolute Gasteiger partial charge is 0.252 e. The lowest BCUT2D eigenvalue weighted by atomic mass is 9.89. The molecule has 0 radical (unpaired) electrons. The zero-order valence-electron chi connectivity index (χ0n) is 11.5. The number of carbonyl (C=O) groups is 1. The molecule has 0 aromatic heterocycles. The van der Waals surface area contributed by atoms with Gasteiger partial charge >= 0.3 is 0 Å². The van der Waals surface area contributed by atoms with E-state index in [4.69, 9.17) is 0 Å². The van der Waals surface area contributed by atoms with Gasteiger partial charge in [-0.15, -0.1) is 0 Å². The van der Waals surface area contributed by atoms with Gasteiger partial charge in [-0.3, -0.25) is 4.79 Å². The minimum atomic E-state index is -0.0724. The van der Waals surface area contributed by atoms with Gasteiger partial charge in [0.05, 0.1) is 0 Å². The van der Waals surface area contributed by atoms with Crippen molar-refractivity contribution in [3.8, 4) is 0 Å². The second kappa shape index (κ2) is 5.11. The highest BCUT2D eigenvalue weighted by atomic mass is 16.1. The molecule has 3 nitrogen and oxygen atoms in total. The maximum atomic E-state index is 12.4. The molecule has 1 aromatic rings. The van der Waals surface area contributed by atoms with Crippen LogP contribution in [0.5, 0.6) is 0 Å². The predicted octanol–water partition coefficient (Wildman–Crippen LogP) is 2.18. The summed E-state index contributed by atoms with van der Waals surface area (Å²) in [6.45, 7) is 8.08. The van der Waals surface area contributed by atoms with Crippen molar-refractivity contribution in [2.24, 2.45) is 0 Å². The maximum absolute atomic E-state index is 12.4. The summed E-state index contributed by atoms with van der Waals surface area (Å²) in [5.41, 5.74) is 2.85. The van der Waals surface area contributed by atoms with Crippen LogP contribution in [-0.2, 0) is 0 Å². The first-order valence-electron chi connectivity index (χ1n) is 6.61. The zero-order chi connectivity index (χ0) is 13.2. The monoisotopic (exact) mass is 246 g/mol. The summed E-state index contributed by atoms with van der Waals surface area (Å²) in [4.78, 5) is 12.4. The van der Waals surface area contributed by atoms with Crippen LogP contribution in [0, 0.1) is 13.8 Å². The van der Waals surface area contributed by atoms with Gasteiger partial charge in [0.1, 0.15) is 0 Å². The number of benzene rings is 1. The molecule has 0 atom stereocenters. The van der Waals surface area contributed by atoms with E-state index in [0.29, 0.717) is 0 Å². The Hall–Kier alpha value is -1.35. The summed E-state index contributed by atoms with van der Waals surface area (Å²) in [5, 5.41) is 6.54. The predicted molar refractivity (Wildman–Crippen MR) is 73.9 cm³/mol. The minimum absolute atomic E-state index is 0.0648. The summed E-state index contributed by atoms with van der Waals surface area (Å²) in [6.07, 6.45) is 1.98. The number of piperidine rings is 1. The normalized spacial score (nSPS) is 18.4. The lowest BCUT2D eigenvalue weighted by molar-refractivity contribution is 0.0886. The summed E-state index contributed by atoms with van der Waals surface area (Å²) in [5.74, 6) is 0.0648. The quantitative estimate of drug-likeness (QED) is 0.839. The Morgan fingerprint density at radius 3 is 2.33 bits per heavy atom. The molecule has 1 aliphatic rings. The van der Waals surface area contributed by atoms with E-state index < -0.39 is 0 Å². The Balaban J connectivity index is 2.17. The van der Waals surface area contributed by atoms with Crippen LogP contribution in [0.4, 0.5) is 0 Å². The minimum Gasteiger partial charge on any atom is -0.347 e. The number of hydrogen-bond acceptors (Lipinski definition) is 2. The molecule has 0 saturated carbocycles. The lowest BCUT2D eigenvalue weighted by Gasteiger charge is -2.35. The van der Waals surface area contributed by atoms with Crippen LogP contribution in [0.15, 0.2) is 18.2 Å². The van der Waals surface area contributed by atoms with Gasteiger partial charge in [-0.2, -0.15) is 0 Å². The van der Waals surface area contributed by atoms with Crippen LogP contribution in [0.1, 0.15) is 41.3 Å². The molecule has 98 valence electrons. The van der Waals surface area contributed by atoms with E-state index in [0.717, 1.165) is 42.6 Å². The van der Waals surface area contributed by atoms with Crippen molar-refractivity contribution in [1.29, 1.82) is 0 Å². The van der Waals surface area contributed by atoms with Crippen molar-refractivity contribution in [1.82, 2.24) is 10.6 Å². The maximum Gasteiger partial charge on any atom is 0.252 e. The first kappa shape index (κ1) is 13.1. The van der Waals surface area contributed by atoms with Crippen LogP contribution in [-0.4, -0.2) is 24.5 Å². The molecule has 0 spiro atoms. The number of nitrogens with one attached hydrogen (secondary N) is 2. The highest BCUT2D eigenvalue weighted by Crippen LogP contribution is 2.20. The molecule has 1 fully saturated rings. The number of hydrogen-bond donors (Lipinski definition) is 2. The van der Waals surface area contributed by atoms with Gasteiger partial charge < -0.3 is 10.6 Å². The van der Waals surface area contributed by atoms with E-state index in [2.05, 4.69) is 17.6 Å². The molecule has 3 heteroatoms. The van der Waals surface area contributed by atoms with Gasteiger partial charge in [-0.05, 0) is 57.8 Å². The Kier molecular flexibility index (Phi) is 3.71. The lowest BCUT2D eigenvalue weighted by Crippen LogP contribution is -2.52. The first-order chi connectivity index (χ1) is 8.52. The SMILES string of the molecule is Cc1cccc(C)c1C(=O)NC1(C)CCNCC1. The third-order valence-electron chi connectivity index (χ3n) is 3.83. The standard InChI is InChI=1S/C15H22N2O/c1-11-5-4-6-12(2)13(11)14(18)17-15(3)7-9-16-10-8-15/h4-6,16H,7-10H2,1-3H3,(H,17,18). The molecular formula is C15H22N2O. The highest BCUT2D eigenvalue weighted by Gasteiger charge is 2.29. The van der Waals surface area contributed by atoms with E-state index >= 15 is 0 Å². The molecule has 18 heavy (non-hydrogen) atoms. The molecule has 0 unspecified atom stereocenters. The van der Waals surface area contributed by atoms with Gasteiger partial charge in [0.2, 0.25) is 0 Å². The van der Waals surface area contributed by atoms with Crippen LogP contribution in [0.2, 0.25) is 0 Å². The molecular weight excluding hydrogens is 224 g/mol. The third kappa shape index (κ3) is 2.72. The second-order valence-corrected chi connectivity index (χ2v) is 5.53. The van der Waals surface area contributed by atoms with Crippen LogP contribution in [0.25, 0.3) is 0 Å². The summed E-state index contributed by atoms with van der Waals surface area (Å²) in [7, 11) is 0. The van der Waals surface area contributed by atoms with Gasteiger partial charge in [-0.25, -0.2) is 0 Å². The van der Waals surface area contributed by atoms with E-state index in [1.807, 2.05) is 32.0 Å². The van der Waals surface area contributed by atoms with Gasteiger partial charge in [0.25, 0.3) is 5.91 Å². The van der Waals surface area contributed by atoms with Gasteiger partial charge in [0.15, 0.2) is 0 Å². The fraction of sp³-hybridized carbons (Fsp3) is 0.533. The van der Waals surface area contributed by atoms with Gasteiger partial charge in [0, 0.05) is 11.1 Å². The van der Waals surface area contributed by atoms with Crippen molar-refractivity contribution in [2.45, 2.75) is 39.2 Å². The van der Waals surface area contributed by atoms with Crippen molar-refractivity contribution in [3.63, 3.8) is 0 Å². The Labute approximate surface area is 109 Å². The first-order valence-corrected chi connectivity index (χ1v) is 6.61. The van der Waals surface area contributed by atoms with E-state index in [1.54, 1.807) is 0 Å². The van der Waals surface area contributed by atoms with Crippen molar-refractivity contribution < 1.29 is 4.79 Å². The Morgan fingerprint density at radius 1 is 1.22 bits per heavy atom. The summed E-state index contributed by atoms with van der Waals surface area (Å²) < 4.78 is 0. The Bertz CT molecular complexity index is 428. The molecule has 1 saturated heterocycles. The van der Waals surface area contributed by atoms with Crippen molar-refractivity contribution in [2.75, 3.05) is 13.1 Å². The molecule has 0 bridgehead atoms. The highest BCUT2D eigenvalue weighted by molar-refractivity contribution is 5.97. The topological polar surface area (TPSA) is 41.1 Å². The number of carbonyl (C=O) groups excluding carboxylic acids is 1. The molecule has 1 heterocycles. The zero-order valence-corrected chi connectivity index (χ0v) is 11.5. The van der Waals surface area contributed by atoms with Crippen LogP contribution < -0.4 is 10.6 Å². The summed E-state index contributed by atoms with van der Waals surface area (Å²) >= 11 is 0. The molecule has 0 aliphatic carbocycles. The molecule has 1 amide bonds. The summed E-state index contributed by atoms with van der Waals surface area (Å²) in [6, 6.07) is 5.98. The second-order valence-electron chi connectivity index (χ2n) is 5.53. The molecule has 1 aliphatic heterocycles. The van der Waals surface area contributed by atoms with E-state index in [1.165, 1.54) is 0 Å². The van der Waals surface area contributed by atoms with Crippen LogP contribution >= 0.6 is 0 Å². The molecule has 2 rings (SSSR count). The van der Waals surface area contributed by atoms with Crippen LogP contribution in [0.3, 0.4) is 0 Å². The average Bonchev–Trinajstić information content (AvgIpc) is 2.28. The van der Waals surface area contributed by atoms with Crippen molar-refractivity contribution in [3.05, 3.63) is 34.9 Å². The largest absolute Gasteiger partial charge is 0.347 e. The fourth-order valence-corrected chi connectivity index (χ4v) is 2.61. The number of aryl methyl sites for hydroxylation is 2. The molecule has 2 N–H and O–H groups in total. The van der Waals surface area contributed by atoms with E-state index in [9.17, 15) is 4.79 Å². The van der Waals surface area contributed by atoms with Crippen molar-refractivity contribution >= 4 is 5.91 Å². The Morgan fingerprint density at radius 2 is 1.78 bits per heavy atom. The van der Waals surface area contributed by atoms with Gasteiger partial charge in [-0.1, -0.05) is 18.2 Å².